The SMILES string of the molecule is Cc1nnc(Cc2ccc(Cl)c(Cl)c2)o1. The third-order valence-corrected chi connectivity index (χ3v) is 2.65. The first-order valence-corrected chi connectivity index (χ1v) is 5.13. The lowest BCUT2D eigenvalue weighted by atomic mass is 10.1. The number of hydrogen-bond donors (Lipinski definition) is 0. The second kappa shape index (κ2) is 4.21. The van der Waals surface area contributed by atoms with Crippen LogP contribution in [0.4, 0.5) is 0 Å². The molecule has 1 aromatic carbocycles. The van der Waals surface area contributed by atoms with Crippen LogP contribution >= 0.6 is 23.2 Å². The van der Waals surface area contributed by atoms with Crippen molar-refractivity contribution in [3.8, 4) is 0 Å². The molecular formula is C10H8Cl2N2O. The van der Waals surface area contributed by atoms with Crippen molar-refractivity contribution in [1.82, 2.24) is 10.2 Å². The van der Waals surface area contributed by atoms with Gasteiger partial charge in [0, 0.05) is 6.92 Å². The van der Waals surface area contributed by atoms with E-state index in [1.54, 1.807) is 19.1 Å². The van der Waals surface area contributed by atoms with E-state index in [2.05, 4.69) is 10.2 Å². The summed E-state index contributed by atoms with van der Waals surface area (Å²) >= 11 is 11.7. The highest BCUT2D eigenvalue weighted by Crippen LogP contribution is 2.23. The van der Waals surface area contributed by atoms with Crippen LogP contribution in [0.1, 0.15) is 17.3 Å². The molecule has 1 aromatic heterocycles. The molecule has 2 aromatic rings. The van der Waals surface area contributed by atoms with E-state index in [-0.39, 0.29) is 0 Å². The molecule has 0 aliphatic carbocycles. The molecule has 0 spiro atoms. The second-order valence-corrected chi connectivity index (χ2v) is 3.95. The average molecular weight is 243 g/mol. The third-order valence-electron chi connectivity index (χ3n) is 1.91. The molecule has 0 atom stereocenters. The highest BCUT2D eigenvalue weighted by Gasteiger charge is 2.05. The van der Waals surface area contributed by atoms with Gasteiger partial charge in [0.25, 0.3) is 0 Å². The van der Waals surface area contributed by atoms with Crippen LogP contribution in [0.25, 0.3) is 0 Å². The number of halogens is 2. The minimum absolute atomic E-state index is 0.533. The number of rotatable bonds is 2. The topological polar surface area (TPSA) is 38.9 Å². The molecule has 0 fully saturated rings. The molecule has 0 unspecified atom stereocenters. The number of benzene rings is 1. The van der Waals surface area contributed by atoms with Crippen LogP contribution < -0.4 is 0 Å². The van der Waals surface area contributed by atoms with Gasteiger partial charge in [0.05, 0.1) is 16.5 Å². The van der Waals surface area contributed by atoms with Gasteiger partial charge < -0.3 is 4.42 Å². The number of aryl methyl sites for hydroxylation is 1. The summed E-state index contributed by atoms with van der Waals surface area (Å²) in [7, 11) is 0. The van der Waals surface area contributed by atoms with Crippen molar-refractivity contribution in [2.75, 3.05) is 0 Å². The lowest BCUT2D eigenvalue weighted by Crippen LogP contribution is -1.88. The predicted octanol–water partition coefficient (Wildman–Crippen LogP) is 3.28. The summed E-state index contributed by atoms with van der Waals surface area (Å²) in [6.45, 7) is 1.76. The average Bonchev–Trinajstić information content (AvgIpc) is 2.58. The maximum atomic E-state index is 5.89. The van der Waals surface area contributed by atoms with Crippen LogP contribution in [0.15, 0.2) is 22.6 Å². The zero-order chi connectivity index (χ0) is 10.8. The quantitative estimate of drug-likeness (QED) is 0.812. The number of aromatic nitrogens is 2. The predicted molar refractivity (Wildman–Crippen MR) is 58.3 cm³/mol. The van der Waals surface area contributed by atoms with Gasteiger partial charge in [0.1, 0.15) is 0 Å². The molecule has 0 amide bonds. The summed E-state index contributed by atoms with van der Waals surface area (Å²) in [6, 6.07) is 5.43. The summed E-state index contributed by atoms with van der Waals surface area (Å²) in [5, 5.41) is 8.72. The summed E-state index contributed by atoms with van der Waals surface area (Å²) in [5.74, 6) is 1.14. The largest absolute Gasteiger partial charge is 0.425 e. The molecule has 15 heavy (non-hydrogen) atoms. The maximum Gasteiger partial charge on any atom is 0.220 e. The highest BCUT2D eigenvalue weighted by atomic mass is 35.5. The smallest absolute Gasteiger partial charge is 0.220 e. The van der Waals surface area contributed by atoms with Crippen LogP contribution in [-0.4, -0.2) is 10.2 Å². The van der Waals surface area contributed by atoms with Gasteiger partial charge in [-0.3, -0.25) is 0 Å². The van der Waals surface area contributed by atoms with E-state index in [0.29, 0.717) is 28.2 Å². The van der Waals surface area contributed by atoms with Crippen LogP contribution in [0, 0.1) is 6.92 Å². The van der Waals surface area contributed by atoms with Crippen molar-refractivity contribution < 1.29 is 4.42 Å². The fraction of sp³-hybridized carbons (Fsp3) is 0.200. The van der Waals surface area contributed by atoms with Gasteiger partial charge in [-0.05, 0) is 17.7 Å². The lowest BCUT2D eigenvalue weighted by Gasteiger charge is -1.99. The first-order chi connectivity index (χ1) is 7.15. The lowest BCUT2D eigenvalue weighted by molar-refractivity contribution is 0.477. The monoisotopic (exact) mass is 242 g/mol. The fourth-order valence-electron chi connectivity index (χ4n) is 1.23. The zero-order valence-corrected chi connectivity index (χ0v) is 9.51. The van der Waals surface area contributed by atoms with E-state index in [0.717, 1.165) is 5.56 Å². The van der Waals surface area contributed by atoms with Gasteiger partial charge in [0.2, 0.25) is 11.8 Å². The Morgan fingerprint density at radius 3 is 2.60 bits per heavy atom. The molecular weight excluding hydrogens is 235 g/mol. The maximum absolute atomic E-state index is 5.89. The first-order valence-electron chi connectivity index (χ1n) is 4.38. The minimum Gasteiger partial charge on any atom is -0.425 e. The normalized spacial score (nSPS) is 10.6. The van der Waals surface area contributed by atoms with Crippen molar-refractivity contribution >= 4 is 23.2 Å². The van der Waals surface area contributed by atoms with Gasteiger partial charge in [-0.1, -0.05) is 29.3 Å². The summed E-state index contributed by atoms with van der Waals surface area (Å²) in [6.07, 6.45) is 0.567. The van der Waals surface area contributed by atoms with E-state index >= 15 is 0 Å². The van der Waals surface area contributed by atoms with Crippen LogP contribution in [0.5, 0.6) is 0 Å². The van der Waals surface area contributed by atoms with Gasteiger partial charge in [-0.15, -0.1) is 10.2 Å². The van der Waals surface area contributed by atoms with E-state index in [1.165, 1.54) is 0 Å². The molecule has 0 bridgehead atoms. The van der Waals surface area contributed by atoms with Crippen molar-refractivity contribution in [3.63, 3.8) is 0 Å². The Morgan fingerprint density at radius 1 is 1.20 bits per heavy atom. The summed E-state index contributed by atoms with van der Waals surface area (Å²) in [4.78, 5) is 0. The van der Waals surface area contributed by atoms with E-state index in [9.17, 15) is 0 Å². The molecule has 2 rings (SSSR count). The molecule has 0 aliphatic rings. The van der Waals surface area contributed by atoms with Gasteiger partial charge in [-0.2, -0.15) is 0 Å². The fourth-order valence-corrected chi connectivity index (χ4v) is 1.55. The summed E-state index contributed by atoms with van der Waals surface area (Å²) < 4.78 is 5.26. The molecule has 0 aliphatic heterocycles. The molecule has 78 valence electrons. The minimum atomic E-state index is 0.533. The molecule has 0 saturated carbocycles. The highest BCUT2D eigenvalue weighted by molar-refractivity contribution is 6.42. The Balaban J connectivity index is 2.21. The molecule has 1 heterocycles. The zero-order valence-electron chi connectivity index (χ0n) is 8.00. The van der Waals surface area contributed by atoms with Crippen molar-refractivity contribution in [1.29, 1.82) is 0 Å². The van der Waals surface area contributed by atoms with Crippen LogP contribution in [0.3, 0.4) is 0 Å². The van der Waals surface area contributed by atoms with E-state index in [4.69, 9.17) is 27.6 Å². The van der Waals surface area contributed by atoms with Crippen molar-refractivity contribution in [3.05, 3.63) is 45.6 Å². The van der Waals surface area contributed by atoms with Gasteiger partial charge in [0.15, 0.2) is 0 Å². The second-order valence-electron chi connectivity index (χ2n) is 3.14. The standard InChI is InChI=1S/C10H8Cl2N2O/c1-6-13-14-10(15-6)5-7-2-3-8(11)9(12)4-7/h2-4H,5H2,1H3. The van der Waals surface area contributed by atoms with Gasteiger partial charge >= 0.3 is 0 Å². The summed E-state index contributed by atoms with van der Waals surface area (Å²) in [5.41, 5.74) is 0.994. The van der Waals surface area contributed by atoms with Crippen LogP contribution in [0.2, 0.25) is 10.0 Å². The Labute approximate surface area is 97.0 Å². The number of hydrogen-bond acceptors (Lipinski definition) is 3. The van der Waals surface area contributed by atoms with Crippen molar-refractivity contribution in [2.45, 2.75) is 13.3 Å². The molecule has 3 nitrogen and oxygen atoms in total. The number of nitrogens with zero attached hydrogens (tertiary/aromatic N) is 2. The van der Waals surface area contributed by atoms with Crippen molar-refractivity contribution in [2.24, 2.45) is 0 Å². The first kappa shape index (κ1) is 10.5. The Hall–Kier alpha value is -1.06. The van der Waals surface area contributed by atoms with Crippen LogP contribution in [-0.2, 0) is 6.42 Å². The Bertz CT molecular complexity index is 482. The molecule has 0 saturated heterocycles. The Morgan fingerprint density at radius 2 is 2.00 bits per heavy atom. The molecule has 0 radical (unpaired) electrons. The van der Waals surface area contributed by atoms with Gasteiger partial charge in [-0.25, -0.2) is 0 Å². The van der Waals surface area contributed by atoms with E-state index < -0.39 is 0 Å². The molecule has 0 N–H and O–H groups in total. The molecule has 5 heteroatoms. The Kier molecular flexibility index (Phi) is 2.93. The van der Waals surface area contributed by atoms with E-state index in [1.807, 2.05) is 6.07 Å². The third kappa shape index (κ3) is 2.49.